The van der Waals surface area contributed by atoms with Gasteiger partial charge in [-0.25, -0.2) is 9.59 Å². The first-order chi connectivity index (χ1) is 5.63. The molecule has 0 saturated carbocycles. The Morgan fingerprint density at radius 2 is 1.21 bits per heavy atom. The van der Waals surface area contributed by atoms with Crippen molar-refractivity contribution in [3.05, 3.63) is 35.4 Å². The van der Waals surface area contributed by atoms with Gasteiger partial charge in [0.1, 0.15) is 0 Å². The van der Waals surface area contributed by atoms with Gasteiger partial charge >= 0.3 is 41.5 Å². The molecular formula is C8H7NaO5. The molecule has 5 nitrogen and oxygen atoms in total. The van der Waals surface area contributed by atoms with Gasteiger partial charge in [-0.3, -0.25) is 0 Å². The number of hydrogen-bond donors (Lipinski definition) is 2. The summed E-state index contributed by atoms with van der Waals surface area (Å²) in [4.78, 5) is 20.9. The van der Waals surface area contributed by atoms with Crippen LogP contribution in [0.15, 0.2) is 24.3 Å². The van der Waals surface area contributed by atoms with Crippen LogP contribution in [-0.4, -0.2) is 27.6 Å². The summed E-state index contributed by atoms with van der Waals surface area (Å²) in [5.41, 5.74) is -0.380. The molecule has 0 aliphatic rings. The van der Waals surface area contributed by atoms with E-state index in [-0.39, 0.29) is 46.2 Å². The number of rotatable bonds is 2. The van der Waals surface area contributed by atoms with Crippen LogP contribution in [0.2, 0.25) is 0 Å². The summed E-state index contributed by atoms with van der Waals surface area (Å²) >= 11 is 0. The number of benzene rings is 1. The molecule has 0 aromatic heterocycles. The molecule has 0 heterocycles. The topological polar surface area (TPSA) is 105 Å². The van der Waals surface area contributed by atoms with Crippen LogP contribution in [0.1, 0.15) is 20.7 Å². The second-order valence-corrected chi connectivity index (χ2v) is 2.16. The van der Waals surface area contributed by atoms with Crippen LogP contribution in [-0.2, 0) is 0 Å². The smallest absolute Gasteiger partial charge is 0.870 e. The van der Waals surface area contributed by atoms with Crippen LogP contribution in [0.3, 0.4) is 0 Å². The van der Waals surface area contributed by atoms with Crippen molar-refractivity contribution in [2.75, 3.05) is 0 Å². The fourth-order valence-electron chi connectivity index (χ4n) is 0.856. The van der Waals surface area contributed by atoms with Crippen molar-refractivity contribution in [1.29, 1.82) is 0 Å². The minimum absolute atomic E-state index is 0. The SMILES string of the molecule is O=C(O)c1ccccc1C(=O)O.[Na+].[OH-]. The average Bonchev–Trinajstić information content (AvgIpc) is 2.04. The zero-order chi connectivity index (χ0) is 9.14. The molecule has 1 aromatic carbocycles. The van der Waals surface area contributed by atoms with Gasteiger partial charge in [0.2, 0.25) is 0 Å². The van der Waals surface area contributed by atoms with Crippen molar-refractivity contribution in [2.45, 2.75) is 0 Å². The first-order valence-electron chi connectivity index (χ1n) is 3.18. The van der Waals surface area contributed by atoms with E-state index in [1.54, 1.807) is 0 Å². The van der Waals surface area contributed by atoms with E-state index in [1.165, 1.54) is 24.3 Å². The monoisotopic (exact) mass is 206 g/mol. The normalized spacial score (nSPS) is 8.00. The van der Waals surface area contributed by atoms with Crippen molar-refractivity contribution in [2.24, 2.45) is 0 Å². The Kier molecular flexibility index (Phi) is 7.30. The summed E-state index contributed by atoms with van der Waals surface area (Å²) in [5.74, 6) is -2.46. The molecule has 1 aromatic rings. The zero-order valence-corrected chi connectivity index (χ0v) is 9.47. The van der Waals surface area contributed by atoms with E-state index in [9.17, 15) is 9.59 Å². The third-order valence-electron chi connectivity index (χ3n) is 1.39. The third-order valence-corrected chi connectivity index (χ3v) is 1.39. The predicted octanol–water partition coefficient (Wildman–Crippen LogP) is -2.09. The Balaban J connectivity index is 0. The number of carboxylic acids is 2. The Bertz CT molecular complexity index is 303. The van der Waals surface area contributed by atoms with Crippen LogP contribution in [0.5, 0.6) is 0 Å². The van der Waals surface area contributed by atoms with Gasteiger partial charge < -0.3 is 15.7 Å². The number of carbonyl (C=O) groups is 2. The van der Waals surface area contributed by atoms with Crippen LogP contribution < -0.4 is 29.6 Å². The van der Waals surface area contributed by atoms with E-state index in [0.29, 0.717) is 0 Å². The van der Waals surface area contributed by atoms with Gasteiger partial charge in [-0.2, -0.15) is 0 Å². The van der Waals surface area contributed by atoms with Crippen molar-refractivity contribution in [1.82, 2.24) is 0 Å². The Hall–Kier alpha value is -0.880. The molecule has 6 heteroatoms. The molecule has 1 rings (SSSR count). The number of carboxylic acid groups (broad SMARTS) is 2. The molecule has 0 amide bonds. The molecule has 0 saturated heterocycles. The summed E-state index contributed by atoms with van der Waals surface area (Å²) in [7, 11) is 0. The first-order valence-corrected chi connectivity index (χ1v) is 3.18. The number of hydrogen-bond acceptors (Lipinski definition) is 3. The van der Waals surface area contributed by atoms with E-state index in [1.807, 2.05) is 0 Å². The second kappa shape index (κ2) is 6.56. The fraction of sp³-hybridized carbons (Fsp3) is 0. The molecule has 0 fully saturated rings. The molecule has 0 spiro atoms. The van der Waals surface area contributed by atoms with Gasteiger partial charge in [0.05, 0.1) is 11.1 Å². The van der Waals surface area contributed by atoms with Crippen molar-refractivity contribution in [3.8, 4) is 0 Å². The average molecular weight is 206 g/mol. The maximum atomic E-state index is 10.5. The Morgan fingerprint density at radius 3 is 1.43 bits per heavy atom. The summed E-state index contributed by atoms with van der Waals surface area (Å²) in [6.45, 7) is 0. The van der Waals surface area contributed by atoms with E-state index >= 15 is 0 Å². The van der Waals surface area contributed by atoms with Gasteiger partial charge in [-0.1, -0.05) is 12.1 Å². The standard InChI is InChI=1S/C8H6O4.Na.H2O/c9-7(10)5-3-1-2-4-6(5)8(11)12;;/h1-4H,(H,9,10)(H,11,12);;1H2/q;+1;/p-1. The molecular weight excluding hydrogens is 199 g/mol. The molecule has 3 N–H and O–H groups in total. The Labute approximate surface area is 102 Å². The Morgan fingerprint density at radius 1 is 0.929 bits per heavy atom. The largest absolute Gasteiger partial charge is 1.00 e. The molecule has 0 radical (unpaired) electrons. The minimum Gasteiger partial charge on any atom is -0.870 e. The molecule has 14 heavy (non-hydrogen) atoms. The third kappa shape index (κ3) is 3.47. The van der Waals surface area contributed by atoms with Crippen molar-refractivity contribution >= 4 is 11.9 Å². The van der Waals surface area contributed by atoms with Gasteiger partial charge in [0, 0.05) is 0 Å². The summed E-state index contributed by atoms with van der Waals surface area (Å²) in [5, 5.41) is 17.1. The van der Waals surface area contributed by atoms with Crippen LogP contribution in [0, 0.1) is 0 Å². The van der Waals surface area contributed by atoms with E-state index in [4.69, 9.17) is 10.2 Å². The summed E-state index contributed by atoms with van der Waals surface area (Å²) in [6.07, 6.45) is 0. The molecule has 0 aliphatic carbocycles. The van der Waals surface area contributed by atoms with Crippen LogP contribution in [0.25, 0.3) is 0 Å². The second-order valence-electron chi connectivity index (χ2n) is 2.16. The fourth-order valence-corrected chi connectivity index (χ4v) is 0.856. The molecule has 0 aliphatic heterocycles. The van der Waals surface area contributed by atoms with Crippen molar-refractivity contribution in [3.63, 3.8) is 0 Å². The van der Waals surface area contributed by atoms with Gasteiger partial charge in [-0.15, -0.1) is 0 Å². The van der Waals surface area contributed by atoms with E-state index in [0.717, 1.165) is 0 Å². The first kappa shape index (κ1) is 15.6. The summed E-state index contributed by atoms with van der Waals surface area (Å²) < 4.78 is 0. The summed E-state index contributed by atoms with van der Waals surface area (Å²) in [6, 6.07) is 5.48. The van der Waals surface area contributed by atoms with Crippen LogP contribution >= 0.6 is 0 Å². The maximum Gasteiger partial charge on any atom is 1.00 e. The van der Waals surface area contributed by atoms with Crippen LogP contribution in [0.4, 0.5) is 0 Å². The maximum absolute atomic E-state index is 10.5. The zero-order valence-electron chi connectivity index (χ0n) is 7.47. The molecule has 70 valence electrons. The number of aromatic carboxylic acids is 2. The minimum atomic E-state index is -1.23. The van der Waals surface area contributed by atoms with Gasteiger partial charge in [-0.05, 0) is 12.1 Å². The van der Waals surface area contributed by atoms with Crippen molar-refractivity contribution < 1.29 is 54.8 Å². The predicted molar refractivity (Wildman–Crippen MR) is 42.3 cm³/mol. The molecule has 0 unspecified atom stereocenters. The van der Waals surface area contributed by atoms with Gasteiger partial charge in [0.15, 0.2) is 0 Å². The molecule has 0 bridgehead atoms. The van der Waals surface area contributed by atoms with Gasteiger partial charge in [0.25, 0.3) is 0 Å². The molecule has 0 atom stereocenters. The quantitative estimate of drug-likeness (QED) is 0.540. The van der Waals surface area contributed by atoms with E-state index in [2.05, 4.69) is 0 Å². The van der Waals surface area contributed by atoms with E-state index < -0.39 is 11.9 Å².